The van der Waals surface area contributed by atoms with Gasteiger partial charge in [-0.3, -0.25) is 4.98 Å². The second-order valence-corrected chi connectivity index (χ2v) is 4.02. The number of nitrogens with one attached hydrogen (secondary N) is 1. The van der Waals surface area contributed by atoms with Gasteiger partial charge < -0.3 is 5.32 Å². The second-order valence-electron chi connectivity index (χ2n) is 3.17. The summed E-state index contributed by atoms with van der Waals surface area (Å²) in [5.41, 5.74) is 2.28. The predicted octanol–water partition coefficient (Wildman–Crippen LogP) is 2.72. The lowest BCUT2D eigenvalue weighted by atomic mass is 10.1. The molecule has 0 saturated carbocycles. The molecule has 0 bridgehead atoms. The van der Waals surface area contributed by atoms with Crippen LogP contribution in [-0.4, -0.2) is 12.0 Å². The van der Waals surface area contributed by atoms with Crippen molar-refractivity contribution < 1.29 is 0 Å². The number of benzene rings is 1. The van der Waals surface area contributed by atoms with Crippen LogP contribution in [0.2, 0.25) is 0 Å². The molecule has 2 rings (SSSR count). The normalized spacial score (nSPS) is 10.7. The Morgan fingerprint density at radius 2 is 2.29 bits per heavy atom. The summed E-state index contributed by atoms with van der Waals surface area (Å²) in [5.74, 6) is 0. The van der Waals surface area contributed by atoms with Crippen LogP contribution in [0, 0.1) is 0 Å². The Balaban J connectivity index is 2.59. The van der Waals surface area contributed by atoms with E-state index in [1.807, 2.05) is 19.3 Å². The predicted molar refractivity (Wildman–Crippen MR) is 62.2 cm³/mol. The first-order valence-corrected chi connectivity index (χ1v) is 5.28. The maximum absolute atomic E-state index is 4.29. The standard InChI is InChI=1S/C11H11BrN2/c1-13-7-9-5-8-3-2-4-14-11(8)6-10(9)12/h2-6,13H,7H2,1H3. The Bertz CT molecular complexity index is 454. The Kier molecular flexibility index (Phi) is 2.79. The van der Waals surface area contributed by atoms with Crippen molar-refractivity contribution in [2.75, 3.05) is 7.05 Å². The van der Waals surface area contributed by atoms with Crippen molar-refractivity contribution in [2.45, 2.75) is 6.54 Å². The molecule has 0 saturated heterocycles. The molecule has 2 nitrogen and oxygen atoms in total. The molecule has 0 spiro atoms. The van der Waals surface area contributed by atoms with Gasteiger partial charge in [-0.1, -0.05) is 22.0 Å². The highest BCUT2D eigenvalue weighted by Gasteiger charge is 2.01. The molecule has 1 N–H and O–H groups in total. The fraction of sp³-hybridized carbons (Fsp3) is 0.182. The van der Waals surface area contributed by atoms with Gasteiger partial charge in [0, 0.05) is 22.6 Å². The minimum absolute atomic E-state index is 0.866. The first-order valence-electron chi connectivity index (χ1n) is 4.49. The van der Waals surface area contributed by atoms with Crippen LogP contribution in [0.4, 0.5) is 0 Å². The molecule has 1 heterocycles. The van der Waals surface area contributed by atoms with Crippen LogP contribution >= 0.6 is 15.9 Å². The van der Waals surface area contributed by atoms with E-state index in [1.54, 1.807) is 0 Å². The minimum Gasteiger partial charge on any atom is -0.316 e. The van der Waals surface area contributed by atoms with E-state index >= 15 is 0 Å². The van der Waals surface area contributed by atoms with Crippen LogP contribution < -0.4 is 5.32 Å². The first-order chi connectivity index (χ1) is 6.81. The zero-order valence-corrected chi connectivity index (χ0v) is 9.51. The zero-order valence-electron chi connectivity index (χ0n) is 7.92. The van der Waals surface area contributed by atoms with E-state index in [4.69, 9.17) is 0 Å². The number of halogens is 1. The van der Waals surface area contributed by atoms with Crippen LogP contribution in [0.25, 0.3) is 10.9 Å². The second kappa shape index (κ2) is 4.07. The summed E-state index contributed by atoms with van der Waals surface area (Å²) in [5, 5.41) is 4.32. The average Bonchev–Trinajstić information content (AvgIpc) is 2.19. The van der Waals surface area contributed by atoms with E-state index in [1.165, 1.54) is 10.9 Å². The smallest absolute Gasteiger partial charge is 0.0713 e. The number of nitrogens with zero attached hydrogens (tertiary/aromatic N) is 1. The Morgan fingerprint density at radius 1 is 1.43 bits per heavy atom. The van der Waals surface area contributed by atoms with Gasteiger partial charge in [-0.25, -0.2) is 0 Å². The van der Waals surface area contributed by atoms with Crippen LogP contribution in [-0.2, 0) is 6.54 Å². The molecule has 0 fully saturated rings. The SMILES string of the molecule is CNCc1cc2cccnc2cc1Br. The van der Waals surface area contributed by atoms with Crippen molar-refractivity contribution in [1.82, 2.24) is 10.3 Å². The maximum atomic E-state index is 4.29. The molecule has 1 aromatic carbocycles. The van der Waals surface area contributed by atoms with Gasteiger partial charge >= 0.3 is 0 Å². The lowest BCUT2D eigenvalue weighted by Crippen LogP contribution is -2.05. The molecule has 3 heteroatoms. The molecule has 1 aromatic heterocycles. The van der Waals surface area contributed by atoms with Crippen LogP contribution in [0.15, 0.2) is 34.9 Å². The fourth-order valence-corrected chi connectivity index (χ4v) is 1.94. The summed E-state index contributed by atoms with van der Waals surface area (Å²) < 4.78 is 1.11. The molecule has 0 aliphatic carbocycles. The van der Waals surface area contributed by atoms with E-state index in [0.717, 1.165) is 16.5 Å². The van der Waals surface area contributed by atoms with E-state index in [0.29, 0.717) is 0 Å². The van der Waals surface area contributed by atoms with Gasteiger partial charge in [0.2, 0.25) is 0 Å². The van der Waals surface area contributed by atoms with Crippen molar-refractivity contribution in [3.63, 3.8) is 0 Å². The van der Waals surface area contributed by atoms with Crippen molar-refractivity contribution in [3.05, 3.63) is 40.5 Å². The highest BCUT2D eigenvalue weighted by atomic mass is 79.9. The monoisotopic (exact) mass is 250 g/mol. The van der Waals surface area contributed by atoms with Crippen LogP contribution in [0.5, 0.6) is 0 Å². The lowest BCUT2D eigenvalue weighted by molar-refractivity contribution is 0.815. The third kappa shape index (κ3) is 1.79. The summed E-state index contributed by atoms with van der Waals surface area (Å²) >= 11 is 3.54. The van der Waals surface area contributed by atoms with E-state index in [-0.39, 0.29) is 0 Å². The molecule has 0 aliphatic rings. The Morgan fingerprint density at radius 3 is 3.07 bits per heavy atom. The van der Waals surface area contributed by atoms with Crippen molar-refractivity contribution in [2.24, 2.45) is 0 Å². The van der Waals surface area contributed by atoms with Gasteiger partial charge in [-0.05, 0) is 30.8 Å². The first kappa shape index (κ1) is 9.62. The summed E-state index contributed by atoms with van der Waals surface area (Å²) in [6.45, 7) is 0.866. The Labute approximate surface area is 91.5 Å². The zero-order chi connectivity index (χ0) is 9.97. The summed E-state index contributed by atoms with van der Waals surface area (Å²) in [6.07, 6.45) is 1.81. The molecule has 2 aromatic rings. The summed E-state index contributed by atoms with van der Waals surface area (Å²) in [7, 11) is 1.94. The topological polar surface area (TPSA) is 24.9 Å². The van der Waals surface area contributed by atoms with Crippen LogP contribution in [0.3, 0.4) is 0 Å². The molecule has 0 aliphatic heterocycles. The molecule has 14 heavy (non-hydrogen) atoms. The number of rotatable bonds is 2. The van der Waals surface area contributed by atoms with Gasteiger partial charge in [-0.15, -0.1) is 0 Å². The van der Waals surface area contributed by atoms with Crippen molar-refractivity contribution in [3.8, 4) is 0 Å². The molecule has 0 atom stereocenters. The number of hydrogen-bond acceptors (Lipinski definition) is 2. The van der Waals surface area contributed by atoms with Crippen molar-refractivity contribution in [1.29, 1.82) is 0 Å². The number of hydrogen-bond donors (Lipinski definition) is 1. The third-order valence-corrected chi connectivity index (χ3v) is 2.88. The minimum atomic E-state index is 0.866. The number of pyridine rings is 1. The van der Waals surface area contributed by atoms with E-state index in [9.17, 15) is 0 Å². The fourth-order valence-electron chi connectivity index (χ4n) is 1.47. The highest BCUT2D eigenvalue weighted by molar-refractivity contribution is 9.10. The molecule has 72 valence electrons. The molecular formula is C11H11BrN2. The van der Waals surface area contributed by atoms with E-state index < -0.39 is 0 Å². The van der Waals surface area contributed by atoms with Gasteiger partial charge in [0.1, 0.15) is 0 Å². The summed E-state index contributed by atoms with van der Waals surface area (Å²) in [6, 6.07) is 8.25. The number of aromatic nitrogens is 1. The van der Waals surface area contributed by atoms with E-state index in [2.05, 4.69) is 44.4 Å². The molecule has 0 radical (unpaired) electrons. The Hall–Kier alpha value is -0.930. The number of fused-ring (bicyclic) bond motifs is 1. The van der Waals surface area contributed by atoms with Crippen molar-refractivity contribution >= 4 is 26.8 Å². The highest BCUT2D eigenvalue weighted by Crippen LogP contribution is 2.22. The van der Waals surface area contributed by atoms with Gasteiger partial charge in [0.25, 0.3) is 0 Å². The summed E-state index contributed by atoms with van der Waals surface area (Å²) in [4.78, 5) is 4.29. The van der Waals surface area contributed by atoms with Gasteiger partial charge in [-0.2, -0.15) is 0 Å². The maximum Gasteiger partial charge on any atom is 0.0713 e. The molecule has 0 amide bonds. The average molecular weight is 251 g/mol. The molecule has 0 unspecified atom stereocenters. The lowest BCUT2D eigenvalue weighted by Gasteiger charge is -2.05. The van der Waals surface area contributed by atoms with Gasteiger partial charge in [0.15, 0.2) is 0 Å². The van der Waals surface area contributed by atoms with Crippen LogP contribution in [0.1, 0.15) is 5.56 Å². The third-order valence-electron chi connectivity index (χ3n) is 2.14. The quantitative estimate of drug-likeness (QED) is 0.887. The molecular weight excluding hydrogens is 240 g/mol. The largest absolute Gasteiger partial charge is 0.316 e. The van der Waals surface area contributed by atoms with Gasteiger partial charge in [0.05, 0.1) is 5.52 Å².